The molecule has 1 saturated heterocycles. The van der Waals surface area contributed by atoms with E-state index in [9.17, 15) is 14.7 Å². The fraction of sp³-hybridized carbons (Fsp3) is 0.238. The number of hydrogen-bond acceptors (Lipinski definition) is 5. The van der Waals surface area contributed by atoms with Gasteiger partial charge in [0.05, 0.1) is 25.3 Å². The Bertz CT molecular complexity index is 905. The molecular weight excluding hydrogens is 382 g/mol. The first-order chi connectivity index (χ1) is 13.5. The van der Waals surface area contributed by atoms with E-state index in [1.165, 1.54) is 12.0 Å². The molecule has 1 N–H and O–H groups in total. The van der Waals surface area contributed by atoms with Gasteiger partial charge >= 0.3 is 0 Å². The number of nitrogens with zero attached hydrogens (tertiary/aromatic N) is 1. The summed E-state index contributed by atoms with van der Waals surface area (Å²) in [6.07, 6.45) is 0. The molecule has 0 aromatic heterocycles. The van der Waals surface area contributed by atoms with Gasteiger partial charge in [0.15, 0.2) is 0 Å². The number of aliphatic hydroxyl groups is 1. The Balaban J connectivity index is 2.13. The summed E-state index contributed by atoms with van der Waals surface area (Å²) in [6, 6.07) is 12.7. The molecule has 1 aliphatic rings. The van der Waals surface area contributed by atoms with Gasteiger partial charge in [0.2, 0.25) is 0 Å². The van der Waals surface area contributed by atoms with E-state index in [-0.39, 0.29) is 24.5 Å². The number of aliphatic hydroxyl groups excluding tert-OH is 1. The number of ether oxygens (including phenoxy) is 2. The molecule has 7 heteroatoms. The van der Waals surface area contributed by atoms with Gasteiger partial charge in [-0.05, 0) is 42.0 Å². The molecule has 0 spiro atoms. The third-order valence-corrected chi connectivity index (χ3v) is 4.88. The number of carbonyl (C=O) groups excluding carboxylic acids is 2. The highest BCUT2D eigenvalue weighted by atomic mass is 35.5. The summed E-state index contributed by atoms with van der Waals surface area (Å²) in [6.45, 7) is 0.482. The number of benzene rings is 2. The second-order valence-corrected chi connectivity index (χ2v) is 6.70. The second-order valence-electron chi connectivity index (χ2n) is 6.27. The summed E-state index contributed by atoms with van der Waals surface area (Å²) in [5.74, 6) is -0.996. The van der Waals surface area contributed by atoms with Crippen LogP contribution in [-0.4, -0.2) is 49.1 Å². The van der Waals surface area contributed by atoms with E-state index in [4.69, 9.17) is 21.1 Å². The minimum absolute atomic E-state index is 0.0357. The maximum Gasteiger partial charge on any atom is 0.295 e. The van der Waals surface area contributed by atoms with Crippen LogP contribution in [0.15, 0.2) is 54.1 Å². The normalized spacial score (nSPS) is 18.5. The minimum atomic E-state index is -0.732. The first kappa shape index (κ1) is 19.9. The molecule has 0 aliphatic carbocycles. The van der Waals surface area contributed by atoms with Crippen molar-refractivity contribution in [2.45, 2.75) is 6.04 Å². The molecule has 1 atom stereocenters. The average molecular weight is 402 g/mol. The van der Waals surface area contributed by atoms with Crippen molar-refractivity contribution < 1.29 is 24.2 Å². The Hall–Kier alpha value is -2.83. The third-order valence-electron chi connectivity index (χ3n) is 4.63. The number of likely N-dealkylation sites (tertiary alicyclic amines) is 1. The molecule has 0 radical (unpaired) electrons. The van der Waals surface area contributed by atoms with Gasteiger partial charge < -0.3 is 19.5 Å². The highest BCUT2D eigenvalue weighted by molar-refractivity contribution is 6.46. The molecular formula is C21H20ClNO5. The van der Waals surface area contributed by atoms with E-state index < -0.39 is 17.7 Å². The molecule has 0 saturated carbocycles. The number of ketones is 1. The van der Waals surface area contributed by atoms with Crippen LogP contribution in [0.4, 0.5) is 0 Å². The lowest BCUT2D eigenvalue weighted by atomic mass is 9.95. The van der Waals surface area contributed by atoms with Gasteiger partial charge in [-0.2, -0.15) is 0 Å². The Kier molecular flexibility index (Phi) is 6.02. The Morgan fingerprint density at radius 1 is 1.07 bits per heavy atom. The zero-order valence-electron chi connectivity index (χ0n) is 15.5. The standard InChI is InChI=1S/C21H20ClNO5/c1-27-12-11-23-18(13-5-9-16(28-2)10-6-13)17(20(25)21(23)26)19(24)14-3-7-15(22)8-4-14/h3-10,18,24H,11-12H2,1-2H3/t18-/m1/s1. The highest BCUT2D eigenvalue weighted by Gasteiger charge is 2.45. The van der Waals surface area contributed by atoms with Crippen LogP contribution in [0, 0.1) is 0 Å². The quantitative estimate of drug-likeness (QED) is 0.456. The van der Waals surface area contributed by atoms with Crippen molar-refractivity contribution in [2.75, 3.05) is 27.4 Å². The molecule has 0 bridgehead atoms. The summed E-state index contributed by atoms with van der Waals surface area (Å²) >= 11 is 5.91. The predicted octanol–water partition coefficient (Wildman–Crippen LogP) is 3.42. The van der Waals surface area contributed by atoms with Crippen LogP contribution in [-0.2, 0) is 14.3 Å². The van der Waals surface area contributed by atoms with E-state index in [0.717, 1.165) is 0 Å². The lowest BCUT2D eigenvalue weighted by molar-refractivity contribution is -0.140. The monoisotopic (exact) mass is 401 g/mol. The van der Waals surface area contributed by atoms with Gasteiger partial charge in [-0.15, -0.1) is 0 Å². The summed E-state index contributed by atoms with van der Waals surface area (Å²) in [4.78, 5) is 26.8. The van der Waals surface area contributed by atoms with Gasteiger partial charge in [-0.3, -0.25) is 9.59 Å². The first-order valence-corrected chi connectivity index (χ1v) is 9.03. The molecule has 1 aliphatic heterocycles. The fourth-order valence-corrected chi connectivity index (χ4v) is 3.32. The predicted molar refractivity (Wildman–Crippen MR) is 105 cm³/mol. The fourth-order valence-electron chi connectivity index (χ4n) is 3.20. The van der Waals surface area contributed by atoms with Crippen LogP contribution in [0.2, 0.25) is 5.02 Å². The Morgan fingerprint density at radius 2 is 1.71 bits per heavy atom. The number of carbonyl (C=O) groups is 2. The van der Waals surface area contributed by atoms with Crippen molar-refractivity contribution in [1.82, 2.24) is 4.90 Å². The highest BCUT2D eigenvalue weighted by Crippen LogP contribution is 2.39. The number of rotatable bonds is 6. The minimum Gasteiger partial charge on any atom is -0.507 e. The number of halogens is 1. The molecule has 2 aromatic carbocycles. The van der Waals surface area contributed by atoms with E-state index in [0.29, 0.717) is 21.9 Å². The molecule has 1 amide bonds. The molecule has 1 fully saturated rings. The smallest absolute Gasteiger partial charge is 0.295 e. The second kappa shape index (κ2) is 8.46. The van der Waals surface area contributed by atoms with Crippen LogP contribution in [0.1, 0.15) is 17.2 Å². The number of Topliss-reactive ketones (excluding diaryl/α,β-unsaturated/α-hetero) is 1. The van der Waals surface area contributed by atoms with E-state index in [2.05, 4.69) is 0 Å². The number of amides is 1. The molecule has 6 nitrogen and oxygen atoms in total. The molecule has 28 heavy (non-hydrogen) atoms. The van der Waals surface area contributed by atoms with E-state index in [1.54, 1.807) is 55.6 Å². The van der Waals surface area contributed by atoms with Crippen molar-refractivity contribution in [1.29, 1.82) is 0 Å². The summed E-state index contributed by atoms with van der Waals surface area (Å²) in [5, 5.41) is 11.4. The van der Waals surface area contributed by atoms with Gasteiger partial charge in [0, 0.05) is 24.2 Å². The molecule has 1 heterocycles. The average Bonchev–Trinajstić information content (AvgIpc) is 2.97. The van der Waals surface area contributed by atoms with Crippen molar-refractivity contribution in [3.8, 4) is 5.75 Å². The summed E-state index contributed by atoms with van der Waals surface area (Å²) in [5.41, 5.74) is 1.13. The van der Waals surface area contributed by atoms with Gasteiger partial charge in [0.25, 0.3) is 11.7 Å². The zero-order chi connectivity index (χ0) is 20.3. The van der Waals surface area contributed by atoms with Crippen molar-refractivity contribution in [2.24, 2.45) is 0 Å². The maximum atomic E-state index is 12.8. The van der Waals surface area contributed by atoms with Crippen molar-refractivity contribution in [3.05, 3.63) is 70.3 Å². The number of methoxy groups -OCH3 is 2. The van der Waals surface area contributed by atoms with Crippen LogP contribution in [0.25, 0.3) is 5.76 Å². The van der Waals surface area contributed by atoms with E-state index in [1.807, 2.05) is 0 Å². The van der Waals surface area contributed by atoms with Crippen LogP contribution in [0.5, 0.6) is 5.75 Å². The Labute approximate surface area is 167 Å². The van der Waals surface area contributed by atoms with Crippen LogP contribution in [0.3, 0.4) is 0 Å². The third kappa shape index (κ3) is 3.74. The largest absolute Gasteiger partial charge is 0.507 e. The molecule has 2 aromatic rings. The van der Waals surface area contributed by atoms with Crippen LogP contribution < -0.4 is 4.74 Å². The van der Waals surface area contributed by atoms with Gasteiger partial charge in [-0.1, -0.05) is 23.7 Å². The lowest BCUT2D eigenvalue weighted by Gasteiger charge is -2.25. The Morgan fingerprint density at radius 3 is 2.29 bits per heavy atom. The molecule has 146 valence electrons. The maximum absolute atomic E-state index is 12.8. The first-order valence-electron chi connectivity index (χ1n) is 8.65. The lowest BCUT2D eigenvalue weighted by Crippen LogP contribution is -2.32. The van der Waals surface area contributed by atoms with Crippen molar-refractivity contribution >= 4 is 29.1 Å². The van der Waals surface area contributed by atoms with Crippen molar-refractivity contribution in [3.63, 3.8) is 0 Å². The van der Waals surface area contributed by atoms with E-state index >= 15 is 0 Å². The van der Waals surface area contributed by atoms with Crippen LogP contribution >= 0.6 is 11.6 Å². The van der Waals surface area contributed by atoms with Gasteiger partial charge in [0.1, 0.15) is 11.5 Å². The van der Waals surface area contributed by atoms with Gasteiger partial charge in [-0.25, -0.2) is 0 Å². The summed E-state index contributed by atoms with van der Waals surface area (Å²) in [7, 11) is 3.08. The summed E-state index contributed by atoms with van der Waals surface area (Å²) < 4.78 is 10.3. The topological polar surface area (TPSA) is 76.1 Å². The molecule has 3 rings (SSSR count). The molecule has 0 unspecified atom stereocenters. The number of hydrogen-bond donors (Lipinski definition) is 1. The SMILES string of the molecule is COCCN1C(=O)C(=O)C(=C(O)c2ccc(Cl)cc2)[C@H]1c1ccc(OC)cc1. The zero-order valence-corrected chi connectivity index (χ0v) is 16.3.